The van der Waals surface area contributed by atoms with Crippen LogP contribution in [0.4, 0.5) is 14.6 Å². The van der Waals surface area contributed by atoms with Crippen LogP contribution in [-0.2, 0) is 6.54 Å². The maximum atomic E-state index is 12.6. The van der Waals surface area contributed by atoms with E-state index in [1.807, 2.05) is 20.0 Å². The summed E-state index contributed by atoms with van der Waals surface area (Å²) in [5, 5.41) is 12.5. The molecule has 2 N–H and O–H groups in total. The highest BCUT2D eigenvalue weighted by Crippen LogP contribution is 2.38. The molecule has 0 spiro atoms. The molecule has 1 atom stereocenters. The van der Waals surface area contributed by atoms with Crippen molar-refractivity contribution in [2.75, 3.05) is 18.9 Å². The van der Waals surface area contributed by atoms with Gasteiger partial charge in [0.1, 0.15) is 5.82 Å². The first-order valence-electron chi connectivity index (χ1n) is 9.86. The van der Waals surface area contributed by atoms with Gasteiger partial charge in [0.15, 0.2) is 0 Å². The summed E-state index contributed by atoms with van der Waals surface area (Å²) in [7, 11) is 1.85. The molecule has 5 nitrogen and oxygen atoms in total. The molecule has 29 heavy (non-hydrogen) atoms. The zero-order chi connectivity index (χ0) is 21.4. The number of fused-ring (bicyclic) bond motifs is 1. The van der Waals surface area contributed by atoms with E-state index in [1.165, 1.54) is 6.21 Å². The number of pyridine rings is 1. The molecule has 2 heterocycles. The van der Waals surface area contributed by atoms with Crippen molar-refractivity contribution in [3.8, 4) is 0 Å². The molecule has 0 fully saturated rings. The standard InChI is InChI=1S/C22H30F2N4O/c1-5-6-7-20-18-8-9-27-22(25-4)19(18)13-28(20)16(3)17(10-15(2)14-29)11-26-12-21(23)24/h7-11,14,16,21,29H,5-6,12-13H2,1-4H3,(H,25,27)/b15-14+,17-10+,20-7+,26-11-. The van der Waals surface area contributed by atoms with E-state index >= 15 is 0 Å². The second-order valence-electron chi connectivity index (χ2n) is 7.02. The molecule has 1 aliphatic rings. The first-order valence-corrected chi connectivity index (χ1v) is 9.86. The number of aliphatic hydroxyl groups is 1. The van der Waals surface area contributed by atoms with Crippen LogP contribution in [0.2, 0.25) is 0 Å². The average molecular weight is 405 g/mol. The lowest BCUT2D eigenvalue weighted by Gasteiger charge is -2.29. The van der Waals surface area contributed by atoms with Crippen molar-refractivity contribution in [3.05, 3.63) is 53.0 Å². The van der Waals surface area contributed by atoms with Gasteiger partial charge in [-0.2, -0.15) is 0 Å². The van der Waals surface area contributed by atoms with Gasteiger partial charge in [0.25, 0.3) is 6.43 Å². The number of unbranched alkanes of at least 4 members (excludes halogenated alkanes) is 1. The van der Waals surface area contributed by atoms with Gasteiger partial charge in [0, 0.05) is 42.8 Å². The summed E-state index contributed by atoms with van der Waals surface area (Å²) in [5.74, 6) is 0.836. The molecule has 7 heteroatoms. The Balaban J connectivity index is 2.44. The molecule has 0 aliphatic carbocycles. The predicted octanol–water partition coefficient (Wildman–Crippen LogP) is 5.19. The Labute approximate surface area is 171 Å². The van der Waals surface area contributed by atoms with Gasteiger partial charge in [-0.1, -0.05) is 19.4 Å². The number of rotatable bonds is 9. The van der Waals surface area contributed by atoms with Gasteiger partial charge in [0.2, 0.25) is 0 Å². The van der Waals surface area contributed by atoms with Crippen LogP contribution in [0.3, 0.4) is 0 Å². The quantitative estimate of drug-likeness (QED) is 0.338. The van der Waals surface area contributed by atoms with Crippen LogP contribution in [0.1, 0.15) is 44.7 Å². The van der Waals surface area contributed by atoms with Crippen LogP contribution in [0.25, 0.3) is 5.70 Å². The van der Waals surface area contributed by atoms with Crippen molar-refractivity contribution in [1.29, 1.82) is 0 Å². The summed E-state index contributed by atoms with van der Waals surface area (Å²) in [6.45, 7) is 6.01. The van der Waals surface area contributed by atoms with Gasteiger partial charge < -0.3 is 15.3 Å². The molecular formula is C22H30F2N4O. The molecule has 0 bridgehead atoms. The number of anilines is 1. The minimum Gasteiger partial charge on any atom is -0.515 e. The number of nitrogens with one attached hydrogen (secondary N) is 1. The number of aliphatic hydroxyl groups excluding tert-OH is 1. The molecule has 1 unspecified atom stereocenters. The third-order valence-corrected chi connectivity index (χ3v) is 4.86. The minimum absolute atomic E-state index is 0.133. The molecular weight excluding hydrogens is 374 g/mol. The highest BCUT2D eigenvalue weighted by atomic mass is 19.3. The highest BCUT2D eigenvalue weighted by molar-refractivity contribution is 5.83. The maximum Gasteiger partial charge on any atom is 0.257 e. The third kappa shape index (κ3) is 5.65. The van der Waals surface area contributed by atoms with E-state index in [-0.39, 0.29) is 6.04 Å². The molecule has 2 rings (SSSR count). The molecule has 1 aliphatic heterocycles. The third-order valence-electron chi connectivity index (χ3n) is 4.86. The van der Waals surface area contributed by atoms with Crippen LogP contribution in [0.5, 0.6) is 0 Å². The van der Waals surface area contributed by atoms with Gasteiger partial charge >= 0.3 is 0 Å². The van der Waals surface area contributed by atoms with E-state index < -0.39 is 13.0 Å². The zero-order valence-electron chi connectivity index (χ0n) is 17.5. The van der Waals surface area contributed by atoms with E-state index in [0.717, 1.165) is 47.3 Å². The molecule has 0 saturated carbocycles. The summed E-state index contributed by atoms with van der Waals surface area (Å²) in [6.07, 6.45) is 7.74. The number of aliphatic imine (C=N–C) groups is 1. The Bertz CT molecular complexity index is 815. The smallest absolute Gasteiger partial charge is 0.257 e. The normalized spacial score (nSPS) is 17.5. The number of alkyl halides is 2. The predicted molar refractivity (Wildman–Crippen MR) is 116 cm³/mol. The van der Waals surface area contributed by atoms with Crippen LogP contribution in [0, 0.1) is 0 Å². The summed E-state index contributed by atoms with van der Waals surface area (Å²) in [6, 6.07) is 1.88. The summed E-state index contributed by atoms with van der Waals surface area (Å²) < 4.78 is 25.1. The fourth-order valence-electron chi connectivity index (χ4n) is 3.36. The van der Waals surface area contributed by atoms with E-state index in [0.29, 0.717) is 12.1 Å². The molecule has 0 amide bonds. The van der Waals surface area contributed by atoms with E-state index in [9.17, 15) is 13.9 Å². The number of allylic oxidation sites excluding steroid dienone is 3. The van der Waals surface area contributed by atoms with Gasteiger partial charge in [-0.15, -0.1) is 0 Å². The zero-order valence-corrected chi connectivity index (χ0v) is 17.5. The van der Waals surface area contributed by atoms with Crippen molar-refractivity contribution in [1.82, 2.24) is 9.88 Å². The lowest BCUT2D eigenvalue weighted by Crippen LogP contribution is -2.30. The van der Waals surface area contributed by atoms with Gasteiger partial charge in [-0.05, 0) is 43.6 Å². The van der Waals surface area contributed by atoms with Crippen LogP contribution in [0.15, 0.2) is 46.8 Å². The highest BCUT2D eigenvalue weighted by Gasteiger charge is 2.30. The summed E-state index contributed by atoms with van der Waals surface area (Å²) >= 11 is 0. The van der Waals surface area contributed by atoms with Crippen molar-refractivity contribution in [2.24, 2.45) is 4.99 Å². The number of aromatic nitrogens is 1. The van der Waals surface area contributed by atoms with Crippen LogP contribution >= 0.6 is 0 Å². The Morgan fingerprint density at radius 2 is 2.21 bits per heavy atom. The molecule has 0 aromatic carbocycles. The topological polar surface area (TPSA) is 60.8 Å². The first kappa shape index (κ1) is 22.6. The number of hydrogen-bond acceptors (Lipinski definition) is 5. The van der Waals surface area contributed by atoms with Crippen molar-refractivity contribution in [3.63, 3.8) is 0 Å². The lowest BCUT2D eigenvalue weighted by atomic mass is 10.0. The number of halogens is 2. The van der Waals surface area contributed by atoms with Crippen LogP contribution < -0.4 is 5.32 Å². The molecule has 0 saturated heterocycles. The Morgan fingerprint density at radius 1 is 1.45 bits per heavy atom. The number of nitrogens with zero attached hydrogens (tertiary/aromatic N) is 3. The van der Waals surface area contributed by atoms with Gasteiger partial charge in [-0.25, -0.2) is 13.8 Å². The maximum absolute atomic E-state index is 12.6. The molecule has 158 valence electrons. The molecule has 0 radical (unpaired) electrons. The fourth-order valence-corrected chi connectivity index (χ4v) is 3.36. The van der Waals surface area contributed by atoms with E-state index in [2.05, 4.69) is 33.2 Å². The second kappa shape index (κ2) is 10.7. The summed E-state index contributed by atoms with van der Waals surface area (Å²) in [4.78, 5) is 10.5. The lowest BCUT2D eigenvalue weighted by molar-refractivity contribution is 0.159. The fraction of sp³-hybridized carbons (Fsp3) is 0.455. The summed E-state index contributed by atoms with van der Waals surface area (Å²) in [5.41, 5.74) is 4.73. The largest absolute Gasteiger partial charge is 0.515 e. The van der Waals surface area contributed by atoms with E-state index in [4.69, 9.17) is 0 Å². The monoisotopic (exact) mass is 404 g/mol. The Morgan fingerprint density at radius 3 is 2.83 bits per heavy atom. The Kier molecular flexibility index (Phi) is 8.36. The van der Waals surface area contributed by atoms with Crippen molar-refractivity contribution >= 4 is 17.7 Å². The molecule has 1 aromatic rings. The van der Waals surface area contributed by atoms with Gasteiger partial charge in [0.05, 0.1) is 18.8 Å². The molecule has 1 aromatic heterocycles. The van der Waals surface area contributed by atoms with Crippen LogP contribution in [-0.4, -0.2) is 47.3 Å². The van der Waals surface area contributed by atoms with Crippen molar-refractivity contribution in [2.45, 2.75) is 52.6 Å². The Hall–Kier alpha value is -2.70. The van der Waals surface area contributed by atoms with Crippen molar-refractivity contribution < 1.29 is 13.9 Å². The first-order chi connectivity index (χ1) is 13.9. The minimum atomic E-state index is -2.49. The van der Waals surface area contributed by atoms with E-state index in [1.54, 1.807) is 19.2 Å². The second-order valence-corrected chi connectivity index (χ2v) is 7.02. The number of hydrogen-bond donors (Lipinski definition) is 2. The average Bonchev–Trinajstić information content (AvgIpc) is 3.09. The SMILES string of the molecule is CCC/C=C1\c2ccnc(NC)c2CN1C(C)C(/C=N\CC(F)F)=C/C(C)=C/O. The van der Waals surface area contributed by atoms with Gasteiger partial charge in [-0.3, -0.25) is 4.99 Å².